The molecule has 1 aliphatic rings. The lowest BCUT2D eigenvalue weighted by Crippen LogP contribution is -2.35. The average molecular weight is 258 g/mol. The summed E-state index contributed by atoms with van der Waals surface area (Å²) in [5, 5.41) is 9.11. The van der Waals surface area contributed by atoms with Crippen LogP contribution in [0.1, 0.15) is 46.1 Å². The normalized spacial score (nSPS) is 15.7. The topological polar surface area (TPSA) is 27.0 Å². The van der Waals surface area contributed by atoms with Gasteiger partial charge in [0.05, 0.1) is 11.3 Å². The van der Waals surface area contributed by atoms with Gasteiger partial charge in [-0.1, -0.05) is 39.8 Å². The summed E-state index contributed by atoms with van der Waals surface area (Å²) in [6.45, 7) is 10.8. The van der Waals surface area contributed by atoms with Crippen molar-refractivity contribution in [1.29, 1.82) is 5.26 Å². The van der Waals surface area contributed by atoms with Crippen molar-refractivity contribution in [2.24, 2.45) is 11.8 Å². The molecular formula is C17H26N2. The van der Waals surface area contributed by atoms with Crippen molar-refractivity contribution in [1.82, 2.24) is 0 Å². The van der Waals surface area contributed by atoms with E-state index in [1.54, 1.807) is 0 Å². The maximum absolute atomic E-state index is 9.11. The molecule has 2 heteroatoms. The van der Waals surface area contributed by atoms with E-state index < -0.39 is 0 Å². The van der Waals surface area contributed by atoms with Gasteiger partial charge in [-0.25, -0.2) is 0 Å². The molecule has 0 unspecified atom stereocenters. The van der Waals surface area contributed by atoms with Crippen LogP contribution in [0.5, 0.6) is 0 Å². The fourth-order valence-electron chi connectivity index (χ4n) is 2.65. The number of piperidine rings is 1. The van der Waals surface area contributed by atoms with Gasteiger partial charge >= 0.3 is 0 Å². The number of nitrogens with zero attached hydrogens (tertiary/aromatic N) is 2. The smallest absolute Gasteiger partial charge is 0.101 e. The lowest BCUT2D eigenvalue weighted by Gasteiger charge is -2.35. The van der Waals surface area contributed by atoms with Crippen LogP contribution in [0.2, 0.25) is 0 Å². The molecule has 0 bridgehead atoms. The monoisotopic (exact) mass is 258 g/mol. The molecule has 104 valence electrons. The minimum absolute atomic E-state index is 0.781. The van der Waals surface area contributed by atoms with Gasteiger partial charge in [-0.2, -0.15) is 5.26 Å². The molecule has 0 atom stereocenters. The van der Waals surface area contributed by atoms with Crippen LogP contribution in [0.15, 0.2) is 24.3 Å². The van der Waals surface area contributed by atoms with Gasteiger partial charge in [0.2, 0.25) is 0 Å². The number of para-hydroxylation sites is 1. The van der Waals surface area contributed by atoms with Crippen molar-refractivity contribution in [2.45, 2.75) is 40.5 Å². The van der Waals surface area contributed by atoms with Gasteiger partial charge in [-0.05, 0) is 36.8 Å². The maximum Gasteiger partial charge on any atom is 0.101 e. The predicted molar refractivity (Wildman–Crippen MR) is 82.3 cm³/mol. The van der Waals surface area contributed by atoms with E-state index in [4.69, 9.17) is 5.26 Å². The number of nitriles is 1. The largest absolute Gasteiger partial charge is 0.370 e. The Labute approximate surface area is 118 Å². The van der Waals surface area contributed by atoms with Crippen molar-refractivity contribution < 1.29 is 0 Å². The van der Waals surface area contributed by atoms with Gasteiger partial charge in [0.1, 0.15) is 6.07 Å². The summed E-state index contributed by atoms with van der Waals surface area (Å²) in [4.78, 5) is 2.36. The van der Waals surface area contributed by atoms with Crippen LogP contribution in [0.4, 0.5) is 5.69 Å². The summed E-state index contributed by atoms with van der Waals surface area (Å²) in [5.41, 5.74) is 1.91. The number of hydrogen-bond acceptors (Lipinski definition) is 2. The highest BCUT2D eigenvalue weighted by atomic mass is 15.1. The SMILES string of the molecule is CC.CC(C)C1CCN(c2ccccc2C#N)CC1. The molecule has 1 aliphatic heterocycles. The first-order chi connectivity index (χ1) is 9.22. The van der Waals surface area contributed by atoms with Crippen molar-refractivity contribution in [3.8, 4) is 6.07 Å². The van der Waals surface area contributed by atoms with Crippen molar-refractivity contribution in [2.75, 3.05) is 18.0 Å². The van der Waals surface area contributed by atoms with Crippen LogP contribution in [0.25, 0.3) is 0 Å². The number of benzene rings is 1. The molecule has 2 nitrogen and oxygen atoms in total. The fourth-order valence-corrected chi connectivity index (χ4v) is 2.65. The Morgan fingerprint density at radius 3 is 2.26 bits per heavy atom. The molecule has 19 heavy (non-hydrogen) atoms. The molecule has 2 rings (SSSR count). The summed E-state index contributed by atoms with van der Waals surface area (Å²) in [6, 6.07) is 10.2. The third-order valence-corrected chi connectivity index (χ3v) is 3.85. The molecule has 0 aliphatic carbocycles. The molecule has 0 radical (unpaired) electrons. The van der Waals surface area contributed by atoms with E-state index in [1.807, 2.05) is 32.0 Å². The van der Waals surface area contributed by atoms with Crippen LogP contribution < -0.4 is 4.90 Å². The van der Waals surface area contributed by atoms with Crippen molar-refractivity contribution >= 4 is 5.69 Å². The number of anilines is 1. The Kier molecular flexibility index (Phi) is 6.42. The summed E-state index contributed by atoms with van der Waals surface area (Å²) >= 11 is 0. The summed E-state index contributed by atoms with van der Waals surface area (Å²) in [6.07, 6.45) is 2.49. The average Bonchev–Trinajstić information content (AvgIpc) is 2.49. The van der Waals surface area contributed by atoms with E-state index in [1.165, 1.54) is 12.8 Å². The van der Waals surface area contributed by atoms with E-state index >= 15 is 0 Å². The lowest BCUT2D eigenvalue weighted by molar-refractivity contribution is 0.311. The Morgan fingerprint density at radius 1 is 1.16 bits per heavy atom. The van der Waals surface area contributed by atoms with Gasteiger partial charge in [0.25, 0.3) is 0 Å². The molecule has 1 aromatic rings. The van der Waals surface area contributed by atoms with Crippen LogP contribution in [0.3, 0.4) is 0 Å². The lowest BCUT2D eigenvalue weighted by atomic mass is 9.86. The van der Waals surface area contributed by atoms with Gasteiger partial charge in [0, 0.05) is 13.1 Å². The molecule has 0 aromatic heterocycles. The highest BCUT2D eigenvalue weighted by Crippen LogP contribution is 2.29. The molecule has 0 spiro atoms. The third kappa shape index (κ3) is 3.99. The van der Waals surface area contributed by atoms with Crippen LogP contribution >= 0.6 is 0 Å². The van der Waals surface area contributed by atoms with Gasteiger partial charge < -0.3 is 4.90 Å². The predicted octanol–water partition coefficient (Wildman–Crippen LogP) is 4.46. The minimum atomic E-state index is 0.781. The summed E-state index contributed by atoms with van der Waals surface area (Å²) in [7, 11) is 0. The summed E-state index contributed by atoms with van der Waals surface area (Å²) < 4.78 is 0. The second kappa shape index (κ2) is 7.84. The van der Waals surface area contributed by atoms with E-state index in [2.05, 4.69) is 30.9 Å². The number of hydrogen-bond donors (Lipinski definition) is 0. The maximum atomic E-state index is 9.11. The Balaban J connectivity index is 0.000000861. The highest BCUT2D eigenvalue weighted by Gasteiger charge is 2.22. The zero-order valence-corrected chi connectivity index (χ0v) is 12.7. The van der Waals surface area contributed by atoms with E-state index in [9.17, 15) is 0 Å². The molecule has 0 N–H and O–H groups in total. The molecule has 1 fully saturated rings. The third-order valence-electron chi connectivity index (χ3n) is 3.85. The zero-order chi connectivity index (χ0) is 14.3. The number of rotatable bonds is 2. The highest BCUT2D eigenvalue weighted by molar-refractivity contribution is 5.59. The first kappa shape index (κ1) is 15.6. The van der Waals surface area contributed by atoms with Gasteiger partial charge in [-0.3, -0.25) is 0 Å². The molecule has 1 saturated heterocycles. The van der Waals surface area contributed by atoms with E-state index in [0.717, 1.165) is 36.2 Å². The Hall–Kier alpha value is -1.49. The Bertz CT molecular complexity index is 410. The Morgan fingerprint density at radius 2 is 1.74 bits per heavy atom. The zero-order valence-electron chi connectivity index (χ0n) is 12.7. The van der Waals surface area contributed by atoms with Crippen molar-refractivity contribution in [3.05, 3.63) is 29.8 Å². The van der Waals surface area contributed by atoms with Crippen LogP contribution in [-0.4, -0.2) is 13.1 Å². The van der Waals surface area contributed by atoms with Gasteiger partial charge in [-0.15, -0.1) is 0 Å². The van der Waals surface area contributed by atoms with Crippen LogP contribution in [-0.2, 0) is 0 Å². The second-order valence-electron chi connectivity index (χ2n) is 5.20. The molecule has 0 saturated carbocycles. The first-order valence-electron chi connectivity index (χ1n) is 7.46. The quantitative estimate of drug-likeness (QED) is 0.783. The van der Waals surface area contributed by atoms with Crippen molar-refractivity contribution in [3.63, 3.8) is 0 Å². The second-order valence-corrected chi connectivity index (χ2v) is 5.20. The standard InChI is InChI=1S/C15H20N2.C2H6/c1-12(2)13-7-9-17(10-8-13)15-6-4-3-5-14(15)11-16;1-2/h3-6,12-13H,7-10H2,1-2H3;1-2H3. The van der Waals surface area contributed by atoms with Gasteiger partial charge in [0.15, 0.2) is 0 Å². The summed E-state index contributed by atoms with van der Waals surface area (Å²) in [5.74, 6) is 1.63. The minimum Gasteiger partial charge on any atom is -0.370 e. The van der Waals surface area contributed by atoms with E-state index in [0.29, 0.717) is 0 Å². The van der Waals surface area contributed by atoms with Crippen LogP contribution in [0, 0.1) is 23.2 Å². The fraction of sp³-hybridized carbons (Fsp3) is 0.588. The molecule has 1 heterocycles. The van der Waals surface area contributed by atoms with E-state index in [-0.39, 0.29) is 0 Å². The molecular weight excluding hydrogens is 232 g/mol. The molecule has 0 amide bonds. The molecule has 1 aromatic carbocycles. The first-order valence-corrected chi connectivity index (χ1v) is 7.46.